The summed E-state index contributed by atoms with van der Waals surface area (Å²) in [6.45, 7) is 2.53. The van der Waals surface area contributed by atoms with Gasteiger partial charge >= 0.3 is 0 Å². The number of likely N-dealkylation sites (tertiary alicyclic amines) is 1. The molecule has 1 amide bonds. The summed E-state index contributed by atoms with van der Waals surface area (Å²) in [6.07, 6.45) is 4.87. The average Bonchev–Trinajstić information content (AvgIpc) is 2.60. The van der Waals surface area contributed by atoms with Crippen LogP contribution in [0.5, 0.6) is 5.75 Å². The summed E-state index contributed by atoms with van der Waals surface area (Å²) < 4.78 is 0. The number of aromatic hydroxyl groups is 1. The van der Waals surface area contributed by atoms with Crippen molar-refractivity contribution in [1.29, 1.82) is 0 Å². The van der Waals surface area contributed by atoms with Crippen molar-refractivity contribution < 1.29 is 9.90 Å². The van der Waals surface area contributed by atoms with Gasteiger partial charge in [-0.1, -0.05) is 12.1 Å². The van der Waals surface area contributed by atoms with E-state index in [1.165, 1.54) is 6.07 Å². The van der Waals surface area contributed by atoms with Crippen molar-refractivity contribution in [1.82, 2.24) is 9.88 Å². The van der Waals surface area contributed by atoms with Gasteiger partial charge in [-0.05, 0) is 62.8 Å². The third-order valence-corrected chi connectivity index (χ3v) is 4.82. The van der Waals surface area contributed by atoms with Crippen LogP contribution in [0, 0.1) is 6.92 Å². The Labute approximate surface area is 147 Å². The van der Waals surface area contributed by atoms with E-state index in [4.69, 9.17) is 0 Å². The molecule has 2 heterocycles. The highest BCUT2D eigenvalue weighted by molar-refractivity contribution is 5.94. The zero-order chi connectivity index (χ0) is 17.8. The lowest BCUT2D eigenvalue weighted by Gasteiger charge is -2.36. The fraction of sp³-hybridized carbons (Fsp3) is 0.400. The number of phenols is 1. The Kier molecular flexibility index (Phi) is 5.22. The number of nitrogens with zero attached hydrogens (tertiary/aromatic N) is 1. The maximum absolute atomic E-state index is 12.9. The molecule has 1 aliphatic heterocycles. The van der Waals surface area contributed by atoms with Crippen molar-refractivity contribution in [2.45, 2.75) is 45.1 Å². The molecular weight excluding hydrogens is 316 g/mol. The van der Waals surface area contributed by atoms with Crippen molar-refractivity contribution in [2.24, 2.45) is 0 Å². The quantitative estimate of drug-likeness (QED) is 0.898. The first-order valence-corrected chi connectivity index (χ1v) is 8.83. The van der Waals surface area contributed by atoms with E-state index in [-0.39, 0.29) is 23.3 Å². The highest BCUT2D eigenvalue weighted by atomic mass is 16.3. The van der Waals surface area contributed by atoms with Crippen molar-refractivity contribution in [3.05, 3.63) is 63.6 Å². The Morgan fingerprint density at radius 3 is 2.72 bits per heavy atom. The smallest absolute Gasteiger partial charge is 0.254 e. The van der Waals surface area contributed by atoms with Crippen LogP contribution < -0.4 is 5.56 Å². The molecule has 2 N–H and O–H groups in total. The Hall–Kier alpha value is -2.56. The molecule has 0 bridgehead atoms. The van der Waals surface area contributed by atoms with Crippen LogP contribution in [-0.2, 0) is 6.42 Å². The lowest BCUT2D eigenvalue weighted by atomic mass is 9.95. The molecule has 3 rings (SSSR count). The van der Waals surface area contributed by atoms with Gasteiger partial charge in [-0.3, -0.25) is 9.59 Å². The summed E-state index contributed by atoms with van der Waals surface area (Å²) in [5.41, 5.74) is 2.09. The van der Waals surface area contributed by atoms with E-state index >= 15 is 0 Å². The molecule has 0 unspecified atom stereocenters. The van der Waals surface area contributed by atoms with E-state index in [0.29, 0.717) is 11.3 Å². The SMILES string of the molecule is Cc1cc(C(=O)N2CCCC[C@@H]2CCc2ccc(O)cc2)cc(=O)[nH]1. The second-order valence-corrected chi connectivity index (χ2v) is 6.77. The van der Waals surface area contributed by atoms with Crippen LogP contribution >= 0.6 is 0 Å². The molecule has 1 atom stereocenters. The number of benzene rings is 1. The van der Waals surface area contributed by atoms with E-state index in [2.05, 4.69) is 4.98 Å². The Morgan fingerprint density at radius 1 is 1.24 bits per heavy atom. The number of H-pyrrole nitrogens is 1. The highest BCUT2D eigenvalue weighted by Crippen LogP contribution is 2.24. The van der Waals surface area contributed by atoms with Gasteiger partial charge in [0.2, 0.25) is 5.56 Å². The molecule has 5 nitrogen and oxygen atoms in total. The second-order valence-electron chi connectivity index (χ2n) is 6.77. The first-order valence-electron chi connectivity index (χ1n) is 8.83. The van der Waals surface area contributed by atoms with Gasteiger partial charge in [0.05, 0.1) is 0 Å². The summed E-state index contributed by atoms with van der Waals surface area (Å²) in [4.78, 5) is 29.2. The van der Waals surface area contributed by atoms with Crippen LogP contribution in [0.25, 0.3) is 0 Å². The molecule has 1 aromatic carbocycles. The van der Waals surface area contributed by atoms with Gasteiger partial charge < -0.3 is 15.0 Å². The third-order valence-electron chi connectivity index (χ3n) is 4.82. The van der Waals surface area contributed by atoms with E-state index in [0.717, 1.165) is 44.2 Å². The van der Waals surface area contributed by atoms with Crippen LogP contribution in [0.1, 0.15) is 47.3 Å². The maximum atomic E-state index is 12.9. The molecule has 132 valence electrons. The Balaban J connectivity index is 1.72. The number of aromatic nitrogens is 1. The number of amides is 1. The molecule has 0 saturated carbocycles. The van der Waals surface area contributed by atoms with Crippen LogP contribution in [0.15, 0.2) is 41.2 Å². The number of rotatable bonds is 4. The van der Waals surface area contributed by atoms with Crippen molar-refractivity contribution in [3.63, 3.8) is 0 Å². The van der Waals surface area contributed by atoms with E-state index in [1.807, 2.05) is 17.0 Å². The maximum Gasteiger partial charge on any atom is 0.254 e. The number of aryl methyl sites for hydroxylation is 2. The minimum Gasteiger partial charge on any atom is -0.508 e. The fourth-order valence-electron chi connectivity index (χ4n) is 3.54. The predicted molar refractivity (Wildman–Crippen MR) is 96.9 cm³/mol. The monoisotopic (exact) mass is 340 g/mol. The van der Waals surface area contributed by atoms with Crippen LogP contribution in [0.2, 0.25) is 0 Å². The van der Waals surface area contributed by atoms with Crippen molar-refractivity contribution in [3.8, 4) is 5.75 Å². The fourth-order valence-corrected chi connectivity index (χ4v) is 3.54. The summed E-state index contributed by atoms with van der Waals surface area (Å²) in [6, 6.07) is 10.6. The standard InChI is InChI=1S/C20H24N2O3/c1-14-12-16(13-19(24)21-14)20(25)22-11-3-2-4-17(22)8-5-15-6-9-18(23)10-7-15/h6-7,9-10,12-13,17,23H,2-5,8,11H2,1H3,(H,21,24)/t17-/m1/s1. The minimum absolute atomic E-state index is 0.0513. The minimum atomic E-state index is -0.235. The van der Waals surface area contributed by atoms with Gasteiger partial charge in [-0.15, -0.1) is 0 Å². The molecule has 0 radical (unpaired) electrons. The number of pyridine rings is 1. The first-order chi connectivity index (χ1) is 12.0. The second kappa shape index (κ2) is 7.55. The van der Waals surface area contributed by atoms with Crippen LogP contribution in [0.3, 0.4) is 0 Å². The summed E-state index contributed by atoms with van der Waals surface area (Å²) in [5.74, 6) is 0.215. The molecule has 0 spiro atoms. The predicted octanol–water partition coefficient (Wildman–Crippen LogP) is 3.02. The number of hydrogen-bond acceptors (Lipinski definition) is 3. The summed E-state index contributed by atoms with van der Waals surface area (Å²) in [7, 11) is 0. The number of nitrogens with one attached hydrogen (secondary N) is 1. The zero-order valence-electron chi connectivity index (χ0n) is 14.5. The van der Waals surface area contributed by atoms with Gasteiger partial charge in [0, 0.05) is 29.9 Å². The van der Waals surface area contributed by atoms with E-state index in [1.54, 1.807) is 25.1 Å². The molecular formula is C20H24N2O3. The number of carbonyl (C=O) groups is 1. The molecule has 1 fully saturated rings. The molecule has 1 saturated heterocycles. The van der Waals surface area contributed by atoms with Crippen molar-refractivity contribution in [2.75, 3.05) is 6.54 Å². The summed E-state index contributed by atoms with van der Waals surface area (Å²) in [5, 5.41) is 9.38. The lowest BCUT2D eigenvalue weighted by Crippen LogP contribution is -2.44. The number of piperidine rings is 1. The number of phenolic OH excluding ortho intramolecular Hbond substituents is 1. The van der Waals surface area contributed by atoms with Gasteiger partial charge in [0.1, 0.15) is 5.75 Å². The van der Waals surface area contributed by atoms with E-state index < -0.39 is 0 Å². The molecule has 25 heavy (non-hydrogen) atoms. The zero-order valence-corrected chi connectivity index (χ0v) is 14.5. The normalized spacial score (nSPS) is 17.5. The molecule has 5 heteroatoms. The summed E-state index contributed by atoms with van der Waals surface area (Å²) >= 11 is 0. The highest BCUT2D eigenvalue weighted by Gasteiger charge is 2.27. The van der Waals surface area contributed by atoms with E-state index in [9.17, 15) is 14.7 Å². The molecule has 0 aliphatic carbocycles. The number of carbonyl (C=O) groups excluding carboxylic acids is 1. The Bertz CT molecular complexity index is 795. The average molecular weight is 340 g/mol. The number of hydrogen-bond donors (Lipinski definition) is 2. The van der Waals surface area contributed by atoms with Gasteiger partial charge in [-0.2, -0.15) is 0 Å². The number of aromatic amines is 1. The molecule has 2 aromatic rings. The molecule has 1 aromatic heterocycles. The van der Waals surface area contributed by atoms with Gasteiger partial charge in [0.25, 0.3) is 5.91 Å². The first kappa shape index (κ1) is 17.3. The van der Waals surface area contributed by atoms with Gasteiger partial charge in [-0.25, -0.2) is 0 Å². The van der Waals surface area contributed by atoms with Gasteiger partial charge in [0.15, 0.2) is 0 Å². The topological polar surface area (TPSA) is 73.4 Å². The third kappa shape index (κ3) is 4.29. The largest absolute Gasteiger partial charge is 0.508 e. The Morgan fingerprint density at radius 2 is 2.00 bits per heavy atom. The van der Waals surface area contributed by atoms with Crippen LogP contribution in [0.4, 0.5) is 0 Å². The van der Waals surface area contributed by atoms with Crippen LogP contribution in [-0.4, -0.2) is 33.5 Å². The molecule has 1 aliphatic rings. The van der Waals surface area contributed by atoms with Crippen molar-refractivity contribution >= 4 is 5.91 Å². The lowest BCUT2D eigenvalue weighted by molar-refractivity contribution is 0.0601.